The first-order chi connectivity index (χ1) is 10.1. The van der Waals surface area contributed by atoms with E-state index in [1.54, 1.807) is 0 Å². The zero-order valence-electron chi connectivity index (χ0n) is 11.6. The summed E-state index contributed by atoms with van der Waals surface area (Å²) in [5, 5.41) is 13.9. The Morgan fingerprint density at radius 2 is 1.95 bits per heavy atom. The van der Waals surface area contributed by atoms with Crippen LogP contribution in [0.5, 0.6) is 11.5 Å². The molecule has 7 nitrogen and oxygen atoms in total. The molecule has 0 aliphatic carbocycles. The van der Waals surface area contributed by atoms with Gasteiger partial charge in [-0.3, -0.25) is 4.79 Å². The number of carbonyl (C=O) groups excluding carboxylic acids is 1. The van der Waals surface area contributed by atoms with Crippen molar-refractivity contribution in [2.24, 2.45) is 0 Å². The molecule has 0 bridgehead atoms. The number of rotatable bonds is 7. The Balaban J connectivity index is 1.63. The van der Waals surface area contributed by atoms with Crippen molar-refractivity contribution in [3.8, 4) is 11.5 Å². The van der Waals surface area contributed by atoms with Crippen LogP contribution in [-0.2, 0) is 11.3 Å². The number of unbranched alkanes of at least 4 members (excludes halogenated alkanes) is 1. The minimum absolute atomic E-state index is 0.125. The molecule has 21 heavy (non-hydrogen) atoms. The lowest BCUT2D eigenvalue weighted by Crippen LogP contribution is -2.35. The molecule has 0 saturated carbocycles. The number of hydrogen-bond donors (Lipinski definition) is 3. The number of urea groups is 1. The standard InChI is InChI=1S/C14H18N2O5/c17-13(18)3-1-2-6-15-14(19)16-8-10-4-5-11-12(7-10)21-9-20-11/h4-5,7H,1-3,6,8-9H2,(H,17,18)(H2,15,16,19). The van der Waals surface area contributed by atoms with Crippen LogP contribution in [0.25, 0.3) is 0 Å². The lowest BCUT2D eigenvalue weighted by atomic mass is 10.2. The summed E-state index contributed by atoms with van der Waals surface area (Å²) in [5.74, 6) is 0.576. The molecular formula is C14H18N2O5. The van der Waals surface area contributed by atoms with E-state index in [1.807, 2.05) is 18.2 Å². The molecule has 0 radical (unpaired) electrons. The zero-order valence-corrected chi connectivity index (χ0v) is 11.6. The van der Waals surface area contributed by atoms with E-state index in [-0.39, 0.29) is 19.2 Å². The van der Waals surface area contributed by atoms with Crippen molar-refractivity contribution in [3.63, 3.8) is 0 Å². The summed E-state index contributed by atoms with van der Waals surface area (Å²) in [6, 6.07) is 5.22. The fourth-order valence-electron chi connectivity index (χ4n) is 1.90. The summed E-state index contributed by atoms with van der Waals surface area (Å²) in [6.45, 7) is 1.07. The van der Waals surface area contributed by atoms with Crippen molar-refractivity contribution in [1.29, 1.82) is 0 Å². The predicted octanol–water partition coefficient (Wildman–Crippen LogP) is 1.47. The third-order valence-electron chi connectivity index (χ3n) is 2.99. The molecular weight excluding hydrogens is 276 g/mol. The van der Waals surface area contributed by atoms with Crippen molar-refractivity contribution in [3.05, 3.63) is 23.8 Å². The first kappa shape index (κ1) is 15.0. The van der Waals surface area contributed by atoms with Crippen molar-refractivity contribution >= 4 is 12.0 Å². The van der Waals surface area contributed by atoms with E-state index in [1.165, 1.54) is 0 Å². The number of fused-ring (bicyclic) bond motifs is 1. The van der Waals surface area contributed by atoms with Gasteiger partial charge in [-0.25, -0.2) is 4.79 Å². The molecule has 2 amide bonds. The predicted molar refractivity (Wildman–Crippen MR) is 74.3 cm³/mol. The quantitative estimate of drug-likeness (QED) is 0.662. The van der Waals surface area contributed by atoms with Crippen molar-refractivity contribution in [1.82, 2.24) is 10.6 Å². The number of carboxylic acids is 1. The molecule has 0 atom stereocenters. The molecule has 0 fully saturated rings. The molecule has 0 saturated heterocycles. The van der Waals surface area contributed by atoms with Gasteiger partial charge in [-0.05, 0) is 30.5 Å². The normalized spacial score (nSPS) is 12.0. The van der Waals surface area contributed by atoms with Crippen LogP contribution in [0.2, 0.25) is 0 Å². The van der Waals surface area contributed by atoms with Crippen LogP contribution in [-0.4, -0.2) is 30.4 Å². The highest BCUT2D eigenvalue weighted by Crippen LogP contribution is 2.32. The summed E-state index contributed by atoms with van der Waals surface area (Å²) in [7, 11) is 0. The highest BCUT2D eigenvalue weighted by molar-refractivity contribution is 5.73. The van der Waals surface area contributed by atoms with Gasteiger partial charge in [0.25, 0.3) is 0 Å². The van der Waals surface area contributed by atoms with Gasteiger partial charge in [0.15, 0.2) is 11.5 Å². The van der Waals surface area contributed by atoms with E-state index in [0.29, 0.717) is 37.4 Å². The third kappa shape index (κ3) is 4.87. The zero-order chi connectivity index (χ0) is 15.1. The molecule has 0 spiro atoms. The van der Waals surface area contributed by atoms with Gasteiger partial charge in [0, 0.05) is 19.5 Å². The van der Waals surface area contributed by atoms with Crippen LogP contribution >= 0.6 is 0 Å². The monoisotopic (exact) mass is 294 g/mol. The van der Waals surface area contributed by atoms with Gasteiger partial charge in [-0.1, -0.05) is 6.07 Å². The number of hydrogen-bond acceptors (Lipinski definition) is 4. The van der Waals surface area contributed by atoms with Crippen molar-refractivity contribution < 1.29 is 24.2 Å². The molecule has 1 aliphatic heterocycles. The highest BCUT2D eigenvalue weighted by atomic mass is 16.7. The average Bonchev–Trinajstić information content (AvgIpc) is 2.92. The molecule has 1 heterocycles. The number of carbonyl (C=O) groups is 2. The molecule has 1 aliphatic rings. The maximum atomic E-state index is 11.6. The van der Waals surface area contributed by atoms with E-state index < -0.39 is 5.97 Å². The lowest BCUT2D eigenvalue weighted by Gasteiger charge is -2.08. The van der Waals surface area contributed by atoms with E-state index in [4.69, 9.17) is 14.6 Å². The van der Waals surface area contributed by atoms with Gasteiger partial charge in [0.05, 0.1) is 0 Å². The fourth-order valence-corrected chi connectivity index (χ4v) is 1.90. The average molecular weight is 294 g/mol. The molecule has 1 aromatic carbocycles. The van der Waals surface area contributed by atoms with Gasteiger partial charge in [0.1, 0.15) is 0 Å². The van der Waals surface area contributed by atoms with Gasteiger partial charge in [-0.2, -0.15) is 0 Å². The Hall–Kier alpha value is -2.44. The van der Waals surface area contributed by atoms with Crippen LogP contribution in [0.3, 0.4) is 0 Å². The van der Waals surface area contributed by atoms with Crippen LogP contribution < -0.4 is 20.1 Å². The number of nitrogens with one attached hydrogen (secondary N) is 2. The van der Waals surface area contributed by atoms with Gasteiger partial charge >= 0.3 is 12.0 Å². The number of amides is 2. The third-order valence-corrected chi connectivity index (χ3v) is 2.99. The molecule has 0 unspecified atom stereocenters. The van der Waals surface area contributed by atoms with Crippen LogP contribution in [0.15, 0.2) is 18.2 Å². The number of benzene rings is 1. The summed E-state index contributed by atoms with van der Waals surface area (Å²) >= 11 is 0. The van der Waals surface area contributed by atoms with E-state index in [9.17, 15) is 9.59 Å². The summed E-state index contributed by atoms with van der Waals surface area (Å²) < 4.78 is 10.5. The Kier molecular flexibility index (Phi) is 5.25. The molecule has 2 rings (SSSR count). The Bertz CT molecular complexity index is 518. The van der Waals surface area contributed by atoms with Crippen LogP contribution in [0.1, 0.15) is 24.8 Å². The van der Waals surface area contributed by atoms with E-state index in [2.05, 4.69) is 10.6 Å². The number of aliphatic carboxylic acids is 1. The van der Waals surface area contributed by atoms with E-state index >= 15 is 0 Å². The first-order valence-electron chi connectivity index (χ1n) is 6.77. The maximum Gasteiger partial charge on any atom is 0.315 e. The molecule has 3 N–H and O–H groups in total. The molecule has 114 valence electrons. The molecule has 7 heteroatoms. The second kappa shape index (κ2) is 7.37. The van der Waals surface area contributed by atoms with Crippen LogP contribution in [0.4, 0.5) is 4.79 Å². The minimum Gasteiger partial charge on any atom is -0.481 e. The van der Waals surface area contributed by atoms with Crippen molar-refractivity contribution in [2.75, 3.05) is 13.3 Å². The van der Waals surface area contributed by atoms with Crippen LogP contribution in [0, 0.1) is 0 Å². The Morgan fingerprint density at radius 3 is 2.76 bits per heavy atom. The molecule has 1 aromatic rings. The topological polar surface area (TPSA) is 96.9 Å². The molecule has 0 aromatic heterocycles. The number of ether oxygens (including phenoxy) is 2. The van der Waals surface area contributed by atoms with E-state index in [0.717, 1.165) is 5.56 Å². The smallest absolute Gasteiger partial charge is 0.315 e. The Morgan fingerprint density at radius 1 is 1.14 bits per heavy atom. The fraction of sp³-hybridized carbons (Fsp3) is 0.429. The summed E-state index contributed by atoms with van der Waals surface area (Å²) in [6.07, 6.45) is 1.32. The maximum absolute atomic E-state index is 11.6. The SMILES string of the molecule is O=C(O)CCCCNC(=O)NCc1ccc2c(c1)OCO2. The second-order valence-electron chi connectivity index (χ2n) is 4.65. The van der Waals surface area contributed by atoms with Gasteiger partial charge < -0.3 is 25.2 Å². The van der Waals surface area contributed by atoms with Gasteiger partial charge in [0.2, 0.25) is 6.79 Å². The Labute approximate surface area is 122 Å². The van der Waals surface area contributed by atoms with Crippen molar-refractivity contribution in [2.45, 2.75) is 25.8 Å². The largest absolute Gasteiger partial charge is 0.481 e. The minimum atomic E-state index is -0.817. The summed E-state index contributed by atoms with van der Waals surface area (Å²) in [4.78, 5) is 21.9. The first-order valence-corrected chi connectivity index (χ1v) is 6.77. The second-order valence-corrected chi connectivity index (χ2v) is 4.65. The summed E-state index contributed by atoms with van der Waals surface area (Å²) in [5.41, 5.74) is 0.917. The van der Waals surface area contributed by atoms with Gasteiger partial charge in [-0.15, -0.1) is 0 Å². The highest BCUT2D eigenvalue weighted by Gasteiger charge is 2.13. The lowest BCUT2D eigenvalue weighted by molar-refractivity contribution is -0.137. The number of carboxylic acid groups (broad SMARTS) is 1.